The van der Waals surface area contributed by atoms with Gasteiger partial charge in [0.05, 0.1) is 0 Å². The highest BCUT2D eigenvalue weighted by molar-refractivity contribution is 5.94. The Bertz CT molecular complexity index is 728. The van der Waals surface area contributed by atoms with E-state index >= 15 is 0 Å². The van der Waals surface area contributed by atoms with Crippen LogP contribution in [0.1, 0.15) is 41.3 Å². The monoisotopic (exact) mass is 339 g/mol. The Kier molecular flexibility index (Phi) is 7.01. The molecule has 0 saturated carbocycles. The molecular formula is C20H25N3O2. The van der Waals surface area contributed by atoms with Crippen LogP contribution in [0.15, 0.2) is 48.5 Å². The average Bonchev–Trinajstić information content (AvgIpc) is 2.64. The van der Waals surface area contributed by atoms with Crippen LogP contribution in [-0.2, 0) is 17.8 Å². The number of nitrogen functional groups attached to an aromatic ring is 1. The van der Waals surface area contributed by atoms with Gasteiger partial charge in [-0.2, -0.15) is 0 Å². The Morgan fingerprint density at radius 2 is 1.84 bits per heavy atom. The van der Waals surface area contributed by atoms with Gasteiger partial charge in [-0.05, 0) is 42.2 Å². The summed E-state index contributed by atoms with van der Waals surface area (Å²) in [6, 6.07) is 14.9. The molecule has 0 aliphatic carbocycles. The molecule has 5 nitrogen and oxygen atoms in total. The van der Waals surface area contributed by atoms with Crippen molar-refractivity contribution in [3.63, 3.8) is 0 Å². The number of nitrogens with one attached hydrogen (secondary N) is 2. The van der Waals surface area contributed by atoms with Gasteiger partial charge in [0.25, 0.3) is 5.91 Å². The van der Waals surface area contributed by atoms with E-state index in [0.717, 1.165) is 17.5 Å². The number of anilines is 1. The van der Waals surface area contributed by atoms with Gasteiger partial charge in [0.2, 0.25) is 5.91 Å². The minimum atomic E-state index is -0.0884. The molecule has 0 radical (unpaired) electrons. The molecule has 0 aliphatic heterocycles. The van der Waals surface area contributed by atoms with Crippen LogP contribution in [0, 0.1) is 0 Å². The van der Waals surface area contributed by atoms with Crippen molar-refractivity contribution >= 4 is 17.5 Å². The standard InChI is InChI=1S/C20H25N3O2/c1-2-12-22-20(25)17-8-5-6-15(13-17)14-23-19(24)11-10-16-7-3-4-9-18(16)21/h3-9,13H,2,10-12,14,21H2,1H3,(H,22,25)(H,23,24). The summed E-state index contributed by atoms with van der Waals surface area (Å²) in [5.74, 6) is -0.126. The van der Waals surface area contributed by atoms with E-state index < -0.39 is 0 Å². The molecule has 0 spiro atoms. The summed E-state index contributed by atoms with van der Waals surface area (Å²) in [5.41, 5.74) is 9.08. The van der Waals surface area contributed by atoms with E-state index in [-0.39, 0.29) is 11.8 Å². The van der Waals surface area contributed by atoms with E-state index in [1.165, 1.54) is 0 Å². The first-order valence-corrected chi connectivity index (χ1v) is 8.57. The van der Waals surface area contributed by atoms with Gasteiger partial charge < -0.3 is 16.4 Å². The quantitative estimate of drug-likeness (QED) is 0.647. The molecule has 132 valence electrons. The Labute approximate surface area is 148 Å². The van der Waals surface area contributed by atoms with E-state index in [1.54, 1.807) is 12.1 Å². The van der Waals surface area contributed by atoms with E-state index in [2.05, 4.69) is 10.6 Å². The maximum Gasteiger partial charge on any atom is 0.251 e. The summed E-state index contributed by atoms with van der Waals surface area (Å²) >= 11 is 0. The predicted octanol–water partition coefficient (Wildman–Crippen LogP) is 2.66. The Balaban J connectivity index is 1.83. The van der Waals surface area contributed by atoms with Crippen molar-refractivity contribution in [1.82, 2.24) is 10.6 Å². The van der Waals surface area contributed by atoms with Gasteiger partial charge in [-0.15, -0.1) is 0 Å². The molecule has 0 atom stereocenters. The second-order valence-electron chi connectivity index (χ2n) is 5.93. The highest BCUT2D eigenvalue weighted by atomic mass is 16.2. The molecule has 25 heavy (non-hydrogen) atoms. The number of para-hydroxylation sites is 1. The van der Waals surface area contributed by atoms with E-state index in [4.69, 9.17) is 5.73 Å². The second-order valence-corrected chi connectivity index (χ2v) is 5.93. The maximum atomic E-state index is 12.0. The Morgan fingerprint density at radius 3 is 2.60 bits per heavy atom. The van der Waals surface area contributed by atoms with Crippen molar-refractivity contribution in [2.75, 3.05) is 12.3 Å². The van der Waals surface area contributed by atoms with Gasteiger partial charge in [-0.25, -0.2) is 0 Å². The van der Waals surface area contributed by atoms with Crippen molar-refractivity contribution in [2.24, 2.45) is 0 Å². The molecule has 5 heteroatoms. The first-order valence-electron chi connectivity index (χ1n) is 8.57. The maximum absolute atomic E-state index is 12.0. The molecular weight excluding hydrogens is 314 g/mol. The van der Waals surface area contributed by atoms with Crippen molar-refractivity contribution in [3.8, 4) is 0 Å². The minimum Gasteiger partial charge on any atom is -0.399 e. The van der Waals surface area contributed by atoms with Crippen LogP contribution < -0.4 is 16.4 Å². The smallest absolute Gasteiger partial charge is 0.251 e. The molecule has 0 heterocycles. The molecule has 0 aromatic heterocycles. The van der Waals surface area contributed by atoms with Crippen molar-refractivity contribution < 1.29 is 9.59 Å². The van der Waals surface area contributed by atoms with E-state index in [0.29, 0.717) is 37.2 Å². The zero-order valence-electron chi connectivity index (χ0n) is 14.5. The van der Waals surface area contributed by atoms with Crippen LogP contribution >= 0.6 is 0 Å². The Hall–Kier alpha value is -2.82. The Morgan fingerprint density at radius 1 is 1.04 bits per heavy atom. The van der Waals surface area contributed by atoms with Crippen LogP contribution in [0.3, 0.4) is 0 Å². The second kappa shape index (κ2) is 9.47. The molecule has 2 aromatic carbocycles. The fourth-order valence-electron chi connectivity index (χ4n) is 2.46. The predicted molar refractivity (Wildman–Crippen MR) is 100 cm³/mol. The first-order chi connectivity index (χ1) is 12.1. The normalized spacial score (nSPS) is 10.3. The zero-order chi connectivity index (χ0) is 18.1. The topological polar surface area (TPSA) is 84.2 Å². The van der Waals surface area contributed by atoms with E-state index in [9.17, 15) is 9.59 Å². The number of amides is 2. The molecule has 2 rings (SSSR count). The van der Waals surface area contributed by atoms with Gasteiger partial charge >= 0.3 is 0 Å². The van der Waals surface area contributed by atoms with Gasteiger partial charge in [0, 0.05) is 30.8 Å². The molecule has 0 bridgehead atoms. The van der Waals surface area contributed by atoms with Crippen LogP contribution in [0.4, 0.5) is 5.69 Å². The van der Waals surface area contributed by atoms with Crippen molar-refractivity contribution in [3.05, 3.63) is 65.2 Å². The summed E-state index contributed by atoms with van der Waals surface area (Å²) in [5, 5.41) is 5.73. The lowest BCUT2D eigenvalue weighted by Crippen LogP contribution is -2.25. The fourth-order valence-corrected chi connectivity index (χ4v) is 2.46. The number of hydrogen-bond donors (Lipinski definition) is 3. The van der Waals surface area contributed by atoms with Crippen LogP contribution in [0.25, 0.3) is 0 Å². The molecule has 2 amide bonds. The summed E-state index contributed by atoms with van der Waals surface area (Å²) in [6.07, 6.45) is 1.89. The summed E-state index contributed by atoms with van der Waals surface area (Å²) in [7, 11) is 0. The van der Waals surface area contributed by atoms with Gasteiger partial charge in [0.1, 0.15) is 0 Å². The number of hydrogen-bond acceptors (Lipinski definition) is 3. The van der Waals surface area contributed by atoms with Crippen LogP contribution in [0.5, 0.6) is 0 Å². The molecule has 0 aliphatic rings. The fraction of sp³-hybridized carbons (Fsp3) is 0.300. The third-order valence-corrected chi connectivity index (χ3v) is 3.89. The third-order valence-electron chi connectivity index (χ3n) is 3.89. The highest BCUT2D eigenvalue weighted by Crippen LogP contribution is 2.12. The minimum absolute atomic E-state index is 0.0379. The lowest BCUT2D eigenvalue weighted by Gasteiger charge is -2.09. The van der Waals surface area contributed by atoms with Gasteiger partial charge in [-0.3, -0.25) is 9.59 Å². The first kappa shape index (κ1) is 18.5. The van der Waals surface area contributed by atoms with Crippen LogP contribution in [0.2, 0.25) is 0 Å². The summed E-state index contributed by atoms with van der Waals surface area (Å²) in [4.78, 5) is 24.0. The highest BCUT2D eigenvalue weighted by Gasteiger charge is 2.07. The lowest BCUT2D eigenvalue weighted by molar-refractivity contribution is -0.121. The van der Waals surface area contributed by atoms with E-state index in [1.807, 2.05) is 43.3 Å². The number of rotatable bonds is 8. The lowest BCUT2D eigenvalue weighted by atomic mass is 10.1. The largest absolute Gasteiger partial charge is 0.399 e. The molecule has 0 fully saturated rings. The number of nitrogens with two attached hydrogens (primary N) is 1. The average molecular weight is 339 g/mol. The number of benzene rings is 2. The molecule has 4 N–H and O–H groups in total. The SMILES string of the molecule is CCCNC(=O)c1cccc(CNC(=O)CCc2ccccc2N)c1. The number of aryl methyl sites for hydroxylation is 1. The zero-order valence-corrected chi connectivity index (χ0v) is 14.5. The van der Waals surface area contributed by atoms with Crippen LogP contribution in [-0.4, -0.2) is 18.4 Å². The number of carbonyl (C=O) groups excluding carboxylic acids is 2. The molecule has 2 aromatic rings. The van der Waals surface area contributed by atoms with Crippen molar-refractivity contribution in [1.29, 1.82) is 0 Å². The van der Waals surface area contributed by atoms with Gasteiger partial charge in [0.15, 0.2) is 0 Å². The molecule has 0 saturated heterocycles. The van der Waals surface area contributed by atoms with Gasteiger partial charge in [-0.1, -0.05) is 37.3 Å². The third kappa shape index (κ3) is 5.95. The number of carbonyl (C=O) groups is 2. The van der Waals surface area contributed by atoms with Crippen molar-refractivity contribution in [2.45, 2.75) is 32.7 Å². The summed E-state index contributed by atoms with van der Waals surface area (Å²) in [6.45, 7) is 3.07. The summed E-state index contributed by atoms with van der Waals surface area (Å²) < 4.78 is 0. The molecule has 0 unspecified atom stereocenters.